The summed E-state index contributed by atoms with van der Waals surface area (Å²) in [7, 11) is 0. The van der Waals surface area contributed by atoms with E-state index in [2.05, 4.69) is 15.9 Å². The van der Waals surface area contributed by atoms with Crippen molar-refractivity contribution in [2.45, 2.75) is 18.9 Å². The molecule has 0 amide bonds. The Labute approximate surface area is 86.2 Å². The second-order valence-corrected chi connectivity index (χ2v) is 4.48. The van der Waals surface area contributed by atoms with Crippen molar-refractivity contribution >= 4 is 15.9 Å². The summed E-state index contributed by atoms with van der Waals surface area (Å²) in [6.45, 7) is 2.75. The van der Waals surface area contributed by atoms with Crippen LogP contribution in [0.3, 0.4) is 0 Å². The molecular formula is C10H12BrNO. The Morgan fingerprint density at radius 2 is 2.31 bits per heavy atom. The molecule has 0 fully saturated rings. The Morgan fingerprint density at radius 3 is 3.00 bits per heavy atom. The van der Waals surface area contributed by atoms with Crippen molar-refractivity contribution in [3.8, 4) is 5.75 Å². The van der Waals surface area contributed by atoms with Crippen molar-refractivity contribution in [1.82, 2.24) is 0 Å². The number of fused-ring (bicyclic) bond motifs is 1. The lowest BCUT2D eigenvalue weighted by atomic mass is 9.88. The van der Waals surface area contributed by atoms with Gasteiger partial charge in [0.15, 0.2) is 0 Å². The summed E-state index contributed by atoms with van der Waals surface area (Å²) in [4.78, 5) is 0. The molecule has 2 N–H and O–H groups in total. The fourth-order valence-electron chi connectivity index (χ4n) is 1.68. The van der Waals surface area contributed by atoms with Crippen LogP contribution in [0.5, 0.6) is 5.75 Å². The van der Waals surface area contributed by atoms with Crippen LogP contribution in [0.15, 0.2) is 22.7 Å². The average molecular weight is 242 g/mol. The third-order valence-corrected chi connectivity index (χ3v) is 3.09. The zero-order chi connectivity index (χ0) is 9.47. The summed E-state index contributed by atoms with van der Waals surface area (Å²) in [5.41, 5.74) is 6.99. The number of hydrogen-bond donors (Lipinski definition) is 1. The van der Waals surface area contributed by atoms with Gasteiger partial charge in [0, 0.05) is 22.0 Å². The molecule has 0 saturated carbocycles. The highest BCUT2D eigenvalue weighted by atomic mass is 79.9. The smallest absolute Gasteiger partial charge is 0.125 e. The summed E-state index contributed by atoms with van der Waals surface area (Å²) in [6.07, 6.45) is 0.864. The van der Waals surface area contributed by atoms with E-state index in [1.54, 1.807) is 0 Å². The van der Waals surface area contributed by atoms with Crippen LogP contribution in [0.2, 0.25) is 0 Å². The third-order valence-electron chi connectivity index (χ3n) is 2.43. The maximum atomic E-state index is 6.18. The highest BCUT2D eigenvalue weighted by Crippen LogP contribution is 2.39. The Bertz CT molecular complexity index is 336. The van der Waals surface area contributed by atoms with Gasteiger partial charge in [0.25, 0.3) is 0 Å². The molecular weight excluding hydrogens is 230 g/mol. The molecule has 0 saturated heterocycles. The molecule has 0 aromatic heterocycles. The van der Waals surface area contributed by atoms with Crippen LogP contribution in [0.4, 0.5) is 0 Å². The zero-order valence-electron chi connectivity index (χ0n) is 7.51. The molecule has 1 atom stereocenters. The van der Waals surface area contributed by atoms with E-state index in [-0.39, 0.29) is 5.54 Å². The minimum absolute atomic E-state index is 0.270. The number of benzene rings is 1. The van der Waals surface area contributed by atoms with Gasteiger partial charge in [0.2, 0.25) is 0 Å². The standard InChI is InChI=1S/C10H12BrNO/c1-10(12)5-6-13-8-4-2-3-7(11)9(8)10/h2-4H,5-6,12H2,1H3. The van der Waals surface area contributed by atoms with E-state index in [9.17, 15) is 0 Å². The lowest BCUT2D eigenvalue weighted by molar-refractivity contribution is 0.226. The molecule has 1 aliphatic rings. The van der Waals surface area contributed by atoms with Crippen molar-refractivity contribution in [1.29, 1.82) is 0 Å². The lowest BCUT2D eigenvalue weighted by Crippen LogP contribution is -2.38. The first kappa shape index (κ1) is 9.03. The first-order valence-electron chi connectivity index (χ1n) is 4.32. The van der Waals surface area contributed by atoms with E-state index in [1.165, 1.54) is 0 Å². The monoisotopic (exact) mass is 241 g/mol. The third kappa shape index (κ3) is 1.46. The molecule has 1 heterocycles. The summed E-state index contributed by atoms with van der Waals surface area (Å²) in [6, 6.07) is 5.92. The molecule has 3 heteroatoms. The van der Waals surface area contributed by atoms with Crippen LogP contribution in [0.1, 0.15) is 18.9 Å². The maximum absolute atomic E-state index is 6.18. The Morgan fingerprint density at radius 1 is 1.54 bits per heavy atom. The van der Waals surface area contributed by atoms with Gasteiger partial charge < -0.3 is 10.5 Å². The SMILES string of the molecule is CC1(N)CCOc2cccc(Br)c21. The average Bonchev–Trinajstić information content (AvgIpc) is 2.02. The van der Waals surface area contributed by atoms with E-state index in [4.69, 9.17) is 10.5 Å². The van der Waals surface area contributed by atoms with Gasteiger partial charge in [-0.15, -0.1) is 0 Å². The Kier molecular flexibility index (Phi) is 2.08. The van der Waals surface area contributed by atoms with Crippen molar-refractivity contribution in [3.05, 3.63) is 28.2 Å². The molecule has 0 aliphatic carbocycles. The summed E-state index contributed by atoms with van der Waals surface area (Å²) in [5, 5.41) is 0. The second-order valence-electron chi connectivity index (χ2n) is 3.63. The van der Waals surface area contributed by atoms with Gasteiger partial charge in [0.1, 0.15) is 5.75 Å². The van der Waals surface area contributed by atoms with E-state index in [0.717, 1.165) is 22.2 Å². The van der Waals surface area contributed by atoms with Crippen molar-refractivity contribution in [3.63, 3.8) is 0 Å². The molecule has 0 radical (unpaired) electrons. The Balaban J connectivity index is 2.61. The normalized spacial score (nSPS) is 26.4. The molecule has 70 valence electrons. The molecule has 1 aromatic rings. The van der Waals surface area contributed by atoms with E-state index in [1.807, 2.05) is 25.1 Å². The number of nitrogens with two attached hydrogens (primary N) is 1. The van der Waals surface area contributed by atoms with E-state index in [0.29, 0.717) is 6.61 Å². The molecule has 13 heavy (non-hydrogen) atoms. The van der Waals surface area contributed by atoms with Crippen LogP contribution in [0, 0.1) is 0 Å². The van der Waals surface area contributed by atoms with Crippen molar-refractivity contribution in [2.75, 3.05) is 6.61 Å². The second kappa shape index (κ2) is 3.00. The molecule has 1 aliphatic heterocycles. The van der Waals surface area contributed by atoms with Gasteiger partial charge in [-0.25, -0.2) is 0 Å². The van der Waals surface area contributed by atoms with Gasteiger partial charge in [-0.1, -0.05) is 22.0 Å². The molecule has 1 aromatic carbocycles. The Hall–Kier alpha value is -0.540. The van der Waals surface area contributed by atoms with E-state index < -0.39 is 0 Å². The van der Waals surface area contributed by atoms with Gasteiger partial charge in [-0.3, -0.25) is 0 Å². The lowest BCUT2D eigenvalue weighted by Gasteiger charge is -2.33. The van der Waals surface area contributed by atoms with Crippen LogP contribution in [-0.4, -0.2) is 6.61 Å². The molecule has 0 bridgehead atoms. The van der Waals surface area contributed by atoms with Crippen LogP contribution >= 0.6 is 15.9 Å². The van der Waals surface area contributed by atoms with Gasteiger partial charge >= 0.3 is 0 Å². The molecule has 0 spiro atoms. The predicted molar refractivity (Wildman–Crippen MR) is 55.8 cm³/mol. The number of rotatable bonds is 0. The van der Waals surface area contributed by atoms with Crippen molar-refractivity contribution < 1.29 is 4.74 Å². The number of halogens is 1. The molecule has 2 rings (SSSR count). The topological polar surface area (TPSA) is 35.2 Å². The summed E-state index contributed by atoms with van der Waals surface area (Å²) >= 11 is 3.50. The van der Waals surface area contributed by atoms with Gasteiger partial charge in [-0.05, 0) is 19.1 Å². The number of ether oxygens (including phenoxy) is 1. The fourth-order valence-corrected chi connectivity index (χ4v) is 2.48. The largest absolute Gasteiger partial charge is 0.493 e. The fraction of sp³-hybridized carbons (Fsp3) is 0.400. The first-order chi connectivity index (χ1) is 6.11. The first-order valence-corrected chi connectivity index (χ1v) is 5.11. The number of hydrogen-bond acceptors (Lipinski definition) is 2. The zero-order valence-corrected chi connectivity index (χ0v) is 9.10. The minimum atomic E-state index is -0.270. The highest BCUT2D eigenvalue weighted by molar-refractivity contribution is 9.10. The molecule has 2 nitrogen and oxygen atoms in total. The van der Waals surface area contributed by atoms with E-state index >= 15 is 0 Å². The summed E-state index contributed by atoms with van der Waals surface area (Å²) in [5.74, 6) is 0.908. The molecule has 1 unspecified atom stereocenters. The van der Waals surface area contributed by atoms with Crippen LogP contribution < -0.4 is 10.5 Å². The van der Waals surface area contributed by atoms with Crippen molar-refractivity contribution in [2.24, 2.45) is 5.73 Å². The summed E-state index contributed by atoms with van der Waals surface area (Å²) < 4.78 is 6.57. The quantitative estimate of drug-likeness (QED) is 0.758. The van der Waals surface area contributed by atoms with Crippen LogP contribution in [0.25, 0.3) is 0 Å². The van der Waals surface area contributed by atoms with Gasteiger partial charge in [-0.2, -0.15) is 0 Å². The highest BCUT2D eigenvalue weighted by Gasteiger charge is 2.30. The predicted octanol–water partition coefficient (Wildman–Crippen LogP) is 2.41. The minimum Gasteiger partial charge on any atom is -0.493 e. The van der Waals surface area contributed by atoms with Gasteiger partial charge in [0.05, 0.1) is 6.61 Å². The van der Waals surface area contributed by atoms with Crippen LogP contribution in [-0.2, 0) is 5.54 Å². The maximum Gasteiger partial charge on any atom is 0.125 e.